The largest absolute Gasteiger partial charge is 0.489 e. The van der Waals surface area contributed by atoms with E-state index >= 15 is 0 Å². The zero-order valence-electron chi connectivity index (χ0n) is 18.2. The molecule has 4 rings (SSSR count). The molecule has 176 valence electrons. The third-order valence-corrected chi connectivity index (χ3v) is 7.21. The summed E-state index contributed by atoms with van der Waals surface area (Å²) in [6.07, 6.45) is 0.0738. The Morgan fingerprint density at radius 2 is 1.73 bits per heavy atom. The Hall–Kier alpha value is -2.55. The summed E-state index contributed by atoms with van der Waals surface area (Å²) in [7, 11) is -3.50. The zero-order chi connectivity index (χ0) is 23.3. The number of ether oxygens (including phenoxy) is 2. The van der Waals surface area contributed by atoms with Crippen LogP contribution in [0.5, 0.6) is 5.75 Å². The van der Waals surface area contributed by atoms with Gasteiger partial charge in [-0.1, -0.05) is 18.2 Å². The Labute approximate surface area is 193 Å². The van der Waals surface area contributed by atoms with Gasteiger partial charge in [0.05, 0.1) is 28.7 Å². The summed E-state index contributed by atoms with van der Waals surface area (Å²) in [5.41, 5.74) is 0.262. The highest BCUT2D eigenvalue weighted by atomic mass is 32.2. The fraction of sp³-hybridized carbons (Fsp3) is 0.435. The molecule has 33 heavy (non-hydrogen) atoms. The Morgan fingerprint density at radius 3 is 2.36 bits per heavy atom. The molecule has 2 aliphatic rings. The Kier molecular flexibility index (Phi) is 7.57. The lowest BCUT2D eigenvalue weighted by atomic mass is 10.1. The zero-order valence-corrected chi connectivity index (χ0v) is 19.0. The van der Waals surface area contributed by atoms with Gasteiger partial charge in [-0.05, 0) is 30.3 Å². The average molecular weight is 475 g/mol. The molecular weight excluding hydrogens is 447 g/mol. The lowest BCUT2D eigenvalue weighted by Crippen LogP contribution is -2.60. The normalized spacial score (nSPS) is 21.5. The van der Waals surface area contributed by atoms with Crippen LogP contribution in [0.4, 0.5) is 4.39 Å². The molecule has 2 saturated heterocycles. The van der Waals surface area contributed by atoms with Crippen molar-refractivity contribution < 1.29 is 22.3 Å². The highest BCUT2D eigenvalue weighted by molar-refractivity contribution is 7.89. The van der Waals surface area contributed by atoms with Gasteiger partial charge in [0.25, 0.3) is 0 Å². The number of nitrogens with one attached hydrogen (secondary N) is 1. The smallest absolute Gasteiger partial charge is 0.240 e. The van der Waals surface area contributed by atoms with Crippen LogP contribution in [0.3, 0.4) is 0 Å². The standard InChI is InChI=1S/C23H27FN4O4S/c24-22-12-18(13-25)6-7-23(22)31-11-10-28-16-19-14-27(15-20(17-28)32-19)9-8-26-33(29,30)21-4-2-1-3-5-21/h1-7,12,19-20,26H,8-11,14-17H2. The number of morpholine rings is 2. The molecule has 0 aromatic heterocycles. The van der Waals surface area contributed by atoms with Crippen molar-refractivity contribution in [2.75, 3.05) is 52.4 Å². The summed E-state index contributed by atoms with van der Waals surface area (Å²) in [5, 5.41) is 8.82. The highest BCUT2D eigenvalue weighted by Crippen LogP contribution is 2.20. The van der Waals surface area contributed by atoms with E-state index in [4.69, 9.17) is 14.7 Å². The summed E-state index contributed by atoms with van der Waals surface area (Å²) in [4.78, 5) is 4.74. The van der Waals surface area contributed by atoms with Crippen molar-refractivity contribution in [1.29, 1.82) is 5.26 Å². The topological polar surface area (TPSA) is 94.9 Å². The van der Waals surface area contributed by atoms with E-state index in [1.54, 1.807) is 30.3 Å². The molecular formula is C23H27FN4O4S. The van der Waals surface area contributed by atoms with Crippen molar-refractivity contribution in [3.63, 3.8) is 0 Å². The SMILES string of the molecule is N#Cc1ccc(OCCN2CC3CN(CCNS(=O)(=O)c4ccccc4)CC(C2)O3)c(F)c1. The van der Waals surface area contributed by atoms with Gasteiger partial charge >= 0.3 is 0 Å². The molecule has 0 aliphatic carbocycles. The highest BCUT2D eigenvalue weighted by Gasteiger charge is 2.34. The third-order valence-electron chi connectivity index (χ3n) is 5.73. The number of hydrogen-bond acceptors (Lipinski definition) is 7. The van der Waals surface area contributed by atoms with Crippen molar-refractivity contribution in [3.05, 3.63) is 59.9 Å². The van der Waals surface area contributed by atoms with Gasteiger partial charge in [-0.25, -0.2) is 17.5 Å². The van der Waals surface area contributed by atoms with E-state index in [0.717, 1.165) is 26.2 Å². The number of halogens is 1. The average Bonchev–Trinajstić information content (AvgIpc) is 2.80. The molecule has 2 unspecified atom stereocenters. The van der Waals surface area contributed by atoms with Crippen LogP contribution in [0.1, 0.15) is 5.56 Å². The molecule has 2 bridgehead atoms. The van der Waals surface area contributed by atoms with Gasteiger partial charge in [0, 0.05) is 45.8 Å². The molecule has 2 aliphatic heterocycles. The molecule has 0 radical (unpaired) electrons. The molecule has 8 nitrogen and oxygen atoms in total. The van der Waals surface area contributed by atoms with E-state index in [2.05, 4.69) is 14.5 Å². The van der Waals surface area contributed by atoms with Gasteiger partial charge in [0.15, 0.2) is 11.6 Å². The van der Waals surface area contributed by atoms with Crippen LogP contribution in [-0.4, -0.2) is 82.8 Å². The summed E-state index contributed by atoms with van der Waals surface area (Å²) in [6.45, 7) is 4.87. The van der Waals surface area contributed by atoms with Crippen LogP contribution < -0.4 is 9.46 Å². The van der Waals surface area contributed by atoms with Crippen molar-refractivity contribution in [1.82, 2.24) is 14.5 Å². The minimum atomic E-state index is -3.50. The van der Waals surface area contributed by atoms with E-state index in [1.807, 2.05) is 6.07 Å². The second-order valence-corrected chi connectivity index (χ2v) is 9.98. The van der Waals surface area contributed by atoms with Gasteiger partial charge in [0.2, 0.25) is 10.0 Å². The summed E-state index contributed by atoms with van der Waals surface area (Å²) in [5.74, 6) is -0.391. The van der Waals surface area contributed by atoms with Gasteiger partial charge in [-0.15, -0.1) is 0 Å². The predicted molar refractivity (Wildman–Crippen MR) is 120 cm³/mol. The lowest BCUT2D eigenvalue weighted by molar-refractivity contribution is -0.138. The maximum atomic E-state index is 13.9. The van der Waals surface area contributed by atoms with Crippen LogP contribution in [0.2, 0.25) is 0 Å². The number of benzene rings is 2. The molecule has 10 heteroatoms. The quantitative estimate of drug-likeness (QED) is 0.588. The number of fused-ring (bicyclic) bond motifs is 2. The second kappa shape index (κ2) is 10.6. The maximum Gasteiger partial charge on any atom is 0.240 e. The van der Waals surface area contributed by atoms with Crippen molar-refractivity contribution in [2.45, 2.75) is 17.1 Å². The molecule has 2 aromatic rings. The van der Waals surface area contributed by atoms with E-state index in [-0.39, 0.29) is 28.4 Å². The Morgan fingerprint density at radius 1 is 1.06 bits per heavy atom. The minimum Gasteiger partial charge on any atom is -0.489 e. The van der Waals surface area contributed by atoms with Crippen LogP contribution in [0.25, 0.3) is 0 Å². The van der Waals surface area contributed by atoms with Gasteiger partial charge in [0.1, 0.15) is 6.61 Å². The first-order valence-electron chi connectivity index (χ1n) is 10.9. The fourth-order valence-electron chi connectivity index (χ4n) is 4.22. The molecule has 2 fully saturated rings. The van der Waals surface area contributed by atoms with Gasteiger partial charge < -0.3 is 9.47 Å². The first-order chi connectivity index (χ1) is 15.9. The van der Waals surface area contributed by atoms with Crippen molar-refractivity contribution in [3.8, 4) is 11.8 Å². The Balaban J connectivity index is 1.20. The molecule has 1 N–H and O–H groups in total. The number of hydrogen-bond donors (Lipinski definition) is 1. The van der Waals surface area contributed by atoms with E-state index in [0.29, 0.717) is 26.2 Å². The summed E-state index contributed by atoms with van der Waals surface area (Å²) < 4.78 is 52.9. The number of rotatable bonds is 9. The van der Waals surface area contributed by atoms with E-state index in [1.165, 1.54) is 18.2 Å². The lowest BCUT2D eigenvalue weighted by Gasteiger charge is -2.45. The first kappa shape index (κ1) is 23.6. The van der Waals surface area contributed by atoms with Crippen molar-refractivity contribution >= 4 is 10.0 Å². The monoisotopic (exact) mass is 474 g/mol. The molecule has 0 spiro atoms. The summed E-state index contributed by atoms with van der Waals surface area (Å²) in [6, 6.07) is 14.4. The second-order valence-electron chi connectivity index (χ2n) is 8.22. The predicted octanol–water partition coefficient (Wildman–Crippen LogP) is 1.44. The summed E-state index contributed by atoms with van der Waals surface area (Å²) >= 11 is 0. The molecule has 2 heterocycles. The van der Waals surface area contributed by atoms with Crippen LogP contribution in [-0.2, 0) is 14.8 Å². The van der Waals surface area contributed by atoms with E-state index in [9.17, 15) is 12.8 Å². The van der Waals surface area contributed by atoms with Crippen molar-refractivity contribution in [2.24, 2.45) is 0 Å². The van der Waals surface area contributed by atoms with Gasteiger partial charge in [-0.2, -0.15) is 5.26 Å². The number of sulfonamides is 1. The first-order valence-corrected chi connectivity index (χ1v) is 12.4. The Bertz CT molecular complexity index is 1080. The molecule has 2 atom stereocenters. The van der Waals surface area contributed by atoms with E-state index < -0.39 is 15.8 Å². The fourth-order valence-corrected chi connectivity index (χ4v) is 5.26. The maximum absolute atomic E-state index is 13.9. The van der Waals surface area contributed by atoms with Crippen LogP contribution in [0.15, 0.2) is 53.4 Å². The van der Waals surface area contributed by atoms with Gasteiger partial charge in [-0.3, -0.25) is 9.80 Å². The number of nitriles is 1. The molecule has 0 saturated carbocycles. The molecule has 0 amide bonds. The number of nitrogens with zero attached hydrogens (tertiary/aromatic N) is 3. The third kappa shape index (κ3) is 6.28. The van der Waals surface area contributed by atoms with Crippen LogP contribution in [0, 0.1) is 17.1 Å². The molecule has 2 aromatic carbocycles. The minimum absolute atomic E-state index is 0.0369. The van der Waals surface area contributed by atoms with Crippen LogP contribution >= 0.6 is 0 Å².